The third-order valence-corrected chi connectivity index (χ3v) is 2.98. The van der Waals surface area contributed by atoms with Crippen molar-refractivity contribution in [3.8, 4) is 0 Å². The van der Waals surface area contributed by atoms with Crippen molar-refractivity contribution >= 4 is 40.3 Å². The Bertz CT molecular complexity index is 424. The molecule has 0 aliphatic rings. The number of para-hydroxylation sites is 1. The van der Waals surface area contributed by atoms with Crippen LogP contribution in [0.1, 0.15) is 13.3 Å². The molecule has 0 aliphatic heterocycles. The van der Waals surface area contributed by atoms with Crippen molar-refractivity contribution in [1.82, 2.24) is 5.32 Å². The van der Waals surface area contributed by atoms with E-state index in [1.54, 1.807) is 6.92 Å². The molecule has 0 saturated carbocycles. The minimum atomic E-state index is -0.330. The summed E-state index contributed by atoms with van der Waals surface area (Å²) in [5.74, 6) is -0.313. The van der Waals surface area contributed by atoms with Gasteiger partial charge in [-0.3, -0.25) is 4.79 Å². The van der Waals surface area contributed by atoms with Crippen LogP contribution in [0, 0.1) is 3.57 Å². The Morgan fingerprint density at radius 1 is 1.33 bits per heavy atom. The zero-order valence-electron chi connectivity index (χ0n) is 10.0. The molecule has 0 radical (unpaired) electrons. The largest absolute Gasteiger partial charge is 0.466 e. The van der Waals surface area contributed by atoms with Crippen LogP contribution in [-0.4, -0.2) is 25.2 Å². The third kappa shape index (κ3) is 5.35. The Kier molecular flexibility index (Phi) is 6.48. The summed E-state index contributed by atoms with van der Waals surface area (Å²) in [6.45, 7) is 2.36. The van der Waals surface area contributed by atoms with Crippen molar-refractivity contribution in [3.05, 3.63) is 27.8 Å². The summed E-state index contributed by atoms with van der Waals surface area (Å²) in [4.78, 5) is 22.6. The first kappa shape index (κ1) is 14.7. The maximum Gasteiger partial charge on any atom is 0.319 e. The highest BCUT2D eigenvalue weighted by Crippen LogP contribution is 2.16. The monoisotopic (exact) mass is 362 g/mol. The molecular formula is C12H15IN2O3. The molecule has 2 N–H and O–H groups in total. The summed E-state index contributed by atoms with van der Waals surface area (Å²) in [7, 11) is 0. The number of urea groups is 1. The third-order valence-electron chi connectivity index (χ3n) is 2.04. The van der Waals surface area contributed by atoms with E-state index < -0.39 is 0 Å². The molecule has 0 bridgehead atoms. The molecular weight excluding hydrogens is 347 g/mol. The quantitative estimate of drug-likeness (QED) is 0.624. The number of hydrogen-bond donors (Lipinski definition) is 2. The van der Waals surface area contributed by atoms with Crippen LogP contribution in [-0.2, 0) is 9.53 Å². The molecule has 1 aromatic carbocycles. The summed E-state index contributed by atoms with van der Waals surface area (Å²) in [6.07, 6.45) is 0.174. The van der Waals surface area contributed by atoms with Crippen LogP contribution in [0.4, 0.5) is 10.5 Å². The summed E-state index contributed by atoms with van der Waals surface area (Å²) >= 11 is 2.14. The number of nitrogens with one attached hydrogen (secondary N) is 2. The summed E-state index contributed by atoms with van der Waals surface area (Å²) < 4.78 is 5.70. The zero-order chi connectivity index (χ0) is 13.4. The van der Waals surface area contributed by atoms with Crippen molar-refractivity contribution in [2.45, 2.75) is 13.3 Å². The molecule has 0 aromatic heterocycles. The maximum absolute atomic E-state index is 11.5. The fraction of sp³-hybridized carbons (Fsp3) is 0.333. The summed E-state index contributed by atoms with van der Waals surface area (Å²) in [5.41, 5.74) is 0.742. The van der Waals surface area contributed by atoms with Crippen molar-refractivity contribution in [2.24, 2.45) is 0 Å². The molecule has 0 saturated heterocycles. The topological polar surface area (TPSA) is 67.4 Å². The number of hydrogen-bond acceptors (Lipinski definition) is 3. The lowest BCUT2D eigenvalue weighted by Gasteiger charge is -2.08. The first-order valence-corrected chi connectivity index (χ1v) is 6.66. The van der Waals surface area contributed by atoms with Crippen LogP contribution in [0.5, 0.6) is 0 Å². The van der Waals surface area contributed by atoms with Gasteiger partial charge in [-0.05, 0) is 41.6 Å². The van der Waals surface area contributed by atoms with Gasteiger partial charge in [0, 0.05) is 10.1 Å². The van der Waals surface area contributed by atoms with Gasteiger partial charge < -0.3 is 15.4 Å². The number of rotatable bonds is 5. The molecule has 0 atom stereocenters. The van der Waals surface area contributed by atoms with Crippen molar-refractivity contribution < 1.29 is 14.3 Å². The van der Waals surface area contributed by atoms with E-state index >= 15 is 0 Å². The second-order valence-electron chi connectivity index (χ2n) is 3.42. The summed E-state index contributed by atoms with van der Waals surface area (Å²) in [5, 5.41) is 5.30. The predicted octanol–water partition coefficient (Wildman–Crippen LogP) is 2.37. The second-order valence-corrected chi connectivity index (χ2v) is 4.58. The highest BCUT2D eigenvalue weighted by molar-refractivity contribution is 14.1. The van der Waals surface area contributed by atoms with Crippen LogP contribution < -0.4 is 10.6 Å². The second kappa shape index (κ2) is 7.91. The van der Waals surface area contributed by atoms with Gasteiger partial charge in [0.2, 0.25) is 0 Å². The fourth-order valence-corrected chi connectivity index (χ4v) is 1.76. The fourth-order valence-electron chi connectivity index (χ4n) is 1.24. The van der Waals surface area contributed by atoms with Gasteiger partial charge in [0.05, 0.1) is 18.7 Å². The Balaban J connectivity index is 2.30. The number of benzene rings is 1. The molecule has 98 valence electrons. The zero-order valence-corrected chi connectivity index (χ0v) is 12.2. The van der Waals surface area contributed by atoms with Gasteiger partial charge in [0.1, 0.15) is 0 Å². The van der Waals surface area contributed by atoms with E-state index in [0.717, 1.165) is 9.26 Å². The molecule has 0 aliphatic carbocycles. The van der Waals surface area contributed by atoms with E-state index in [-0.39, 0.29) is 25.0 Å². The molecule has 0 spiro atoms. The molecule has 1 aromatic rings. The van der Waals surface area contributed by atoms with E-state index in [2.05, 4.69) is 33.2 Å². The number of anilines is 1. The summed E-state index contributed by atoms with van der Waals surface area (Å²) in [6, 6.07) is 7.12. The molecule has 2 amide bonds. The van der Waals surface area contributed by atoms with Gasteiger partial charge in [-0.1, -0.05) is 12.1 Å². The Hall–Kier alpha value is -1.31. The van der Waals surface area contributed by atoms with E-state index in [0.29, 0.717) is 6.61 Å². The number of carbonyl (C=O) groups is 2. The molecule has 6 heteroatoms. The Morgan fingerprint density at radius 2 is 2.06 bits per heavy atom. The predicted molar refractivity (Wildman–Crippen MR) is 77.4 cm³/mol. The van der Waals surface area contributed by atoms with E-state index in [1.807, 2.05) is 24.3 Å². The van der Waals surface area contributed by atoms with Crippen LogP contribution >= 0.6 is 22.6 Å². The van der Waals surface area contributed by atoms with Gasteiger partial charge in [-0.15, -0.1) is 0 Å². The number of carbonyl (C=O) groups excluding carboxylic acids is 2. The molecule has 18 heavy (non-hydrogen) atoms. The lowest BCUT2D eigenvalue weighted by Crippen LogP contribution is -2.31. The first-order valence-electron chi connectivity index (χ1n) is 5.58. The SMILES string of the molecule is CCOC(=O)CCNC(=O)Nc1ccccc1I. The molecule has 0 fully saturated rings. The molecule has 0 unspecified atom stereocenters. The first-order chi connectivity index (χ1) is 8.63. The Morgan fingerprint density at radius 3 is 2.72 bits per heavy atom. The average Bonchev–Trinajstić information content (AvgIpc) is 2.32. The van der Waals surface area contributed by atoms with Crippen molar-refractivity contribution in [2.75, 3.05) is 18.5 Å². The van der Waals surface area contributed by atoms with Gasteiger partial charge >= 0.3 is 12.0 Å². The van der Waals surface area contributed by atoms with Crippen LogP contribution in [0.3, 0.4) is 0 Å². The van der Waals surface area contributed by atoms with Crippen molar-refractivity contribution in [1.29, 1.82) is 0 Å². The van der Waals surface area contributed by atoms with Gasteiger partial charge in [-0.2, -0.15) is 0 Å². The lowest BCUT2D eigenvalue weighted by molar-refractivity contribution is -0.142. The Labute approximate surface area is 119 Å². The van der Waals surface area contributed by atoms with Crippen LogP contribution in [0.15, 0.2) is 24.3 Å². The normalized spacial score (nSPS) is 9.67. The van der Waals surface area contributed by atoms with E-state index in [9.17, 15) is 9.59 Å². The minimum Gasteiger partial charge on any atom is -0.466 e. The van der Waals surface area contributed by atoms with Crippen LogP contribution in [0.2, 0.25) is 0 Å². The highest BCUT2D eigenvalue weighted by Gasteiger charge is 2.06. The molecule has 0 heterocycles. The van der Waals surface area contributed by atoms with Crippen LogP contribution in [0.25, 0.3) is 0 Å². The lowest BCUT2D eigenvalue weighted by atomic mass is 10.3. The molecule has 5 nitrogen and oxygen atoms in total. The van der Waals surface area contributed by atoms with Gasteiger partial charge in [0.25, 0.3) is 0 Å². The van der Waals surface area contributed by atoms with E-state index in [1.165, 1.54) is 0 Å². The maximum atomic E-state index is 11.5. The number of ether oxygens (including phenoxy) is 1. The number of esters is 1. The average molecular weight is 362 g/mol. The van der Waals surface area contributed by atoms with Gasteiger partial charge in [0.15, 0.2) is 0 Å². The van der Waals surface area contributed by atoms with E-state index in [4.69, 9.17) is 4.74 Å². The smallest absolute Gasteiger partial charge is 0.319 e. The minimum absolute atomic E-state index is 0.174. The highest BCUT2D eigenvalue weighted by atomic mass is 127. The van der Waals surface area contributed by atoms with Crippen molar-refractivity contribution in [3.63, 3.8) is 0 Å². The standard InChI is InChI=1S/C12H15IN2O3/c1-2-18-11(16)7-8-14-12(17)15-10-6-4-3-5-9(10)13/h3-6H,2,7-8H2,1H3,(H2,14,15,17). The molecule has 1 rings (SSSR count). The van der Waals surface area contributed by atoms with Gasteiger partial charge in [-0.25, -0.2) is 4.79 Å². The number of amides is 2. The number of halogens is 1.